The fourth-order valence-electron chi connectivity index (χ4n) is 3.75. The molecule has 0 spiro atoms. The largest absolute Gasteiger partial charge is 0.495 e. The normalized spacial score (nSPS) is 12.2. The van der Waals surface area contributed by atoms with Crippen LogP contribution in [0.2, 0.25) is 10.0 Å². The summed E-state index contributed by atoms with van der Waals surface area (Å²) < 4.78 is 31.5. The minimum Gasteiger partial charge on any atom is -0.495 e. The van der Waals surface area contributed by atoms with Crippen LogP contribution >= 0.6 is 23.2 Å². The summed E-state index contributed by atoms with van der Waals surface area (Å²) in [6.07, 6.45) is 1.07. The average molecular weight is 520 g/mol. The first kappa shape index (κ1) is 25.8. The van der Waals surface area contributed by atoms with Crippen LogP contribution in [0.4, 0.5) is 0 Å². The first-order chi connectivity index (χ1) is 16.1. The van der Waals surface area contributed by atoms with Gasteiger partial charge in [-0.15, -0.1) is 0 Å². The summed E-state index contributed by atoms with van der Waals surface area (Å²) in [4.78, 5) is 15.1. The first-order valence-electron chi connectivity index (χ1n) is 10.2. The first-order valence-corrected chi connectivity index (χ1v) is 12.8. The minimum atomic E-state index is -3.47. The predicted molar refractivity (Wildman–Crippen MR) is 134 cm³/mol. The second-order valence-electron chi connectivity index (χ2n) is 7.84. The maximum Gasteiger partial charge on any atom is 0.258 e. The molecule has 1 atom stereocenters. The molecule has 0 aromatic heterocycles. The second-order valence-corrected chi connectivity index (χ2v) is 10.5. The number of methoxy groups -OCH3 is 1. The lowest BCUT2D eigenvalue weighted by Crippen LogP contribution is -2.36. The van der Waals surface area contributed by atoms with Crippen molar-refractivity contribution >= 4 is 49.9 Å². The molecule has 3 rings (SSSR count). The molecule has 0 aliphatic heterocycles. The van der Waals surface area contributed by atoms with E-state index in [0.29, 0.717) is 21.0 Å². The van der Waals surface area contributed by atoms with Crippen molar-refractivity contribution in [3.05, 3.63) is 75.3 Å². The average Bonchev–Trinajstić information content (AvgIpc) is 2.80. The number of amides is 1. The summed E-state index contributed by atoms with van der Waals surface area (Å²) in [7, 11) is -0.446. The van der Waals surface area contributed by atoms with Gasteiger partial charge >= 0.3 is 0 Å². The molecule has 0 saturated heterocycles. The zero-order valence-electron chi connectivity index (χ0n) is 18.8. The summed E-state index contributed by atoms with van der Waals surface area (Å²) in [5, 5.41) is 11.7. The van der Waals surface area contributed by atoms with Gasteiger partial charge in [0.05, 0.1) is 34.5 Å². The van der Waals surface area contributed by atoms with Crippen molar-refractivity contribution in [3.8, 4) is 11.8 Å². The van der Waals surface area contributed by atoms with E-state index in [2.05, 4.69) is 10.8 Å². The van der Waals surface area contributed by atoms with Crippen LogP contribution in [-0.2, 0) is 10.0 Å². The monoisotopic (exact) mass is 519 g/mol. The van der Waals surface area contributed by atoms with Crippen LogP contribution in [-0.4, -0.2) is 52.7 Å². The van der Waals surface area contributed by atoms with Crippen LogP contribution in [0.5, 0.6) is 5.75 Å². The van der Waals surface area contributed by atoms with E-state index in [0.717, 1.165) is 11.6 Å². The number of hydrogen-bond acceptors (Lipinski definition) is 5. The molecule has 0 saturated carbocycles. The van der Waals surface area contributed by atoms with Gasteiger partial charge in [0.15, 0.2) is 0 Å². The minimum absolute atomic E-state index is 0.0462. The maximum absolute atomic E-state index is 13.6. The summed E-state index contributed by atoms with van der Waals surface area (Å²) in [6, 6.07) is 16.0. The molecular weight excluding hydrogens is 497 g/mol. The third-order valence-corrected chi connectivity index (χ3v) is 6.82. The van der Waals surface area contributed by atoms with Crippen LogP contribution in [0.1, 0.15) is 27.4 Å². The number of carbonyl (C=O) groups excluding carboxylic acids is 1. The van der Waals surface area contributed by atoms with Crippen molar-refractivity contribution in [1.29, 1.82) is 5.26 Å². The Labute approximate surface area is 208 Å². The zero-order valence-corrected chi connectivity index (χ0v) is 21.1. The molecule has 0 aliphatic carbocycles. The molecule has 0 bridgehead atoms. The van der Waals surface area contributed by atoms with Gasteiger partial charge in [-0.2, -0.15) is 5.26 Å². The van der Waals surface area contributed by atoms with Crippen molar-refractivity contribution in [2.45, 2.75) is 5.92 Å². The fraction of sp³-hybridized carbons (Fsp3) is 0.250. The highest BCUT2D eigenvalue weighted by molar-refractivity contribution is 7.88. The van der Waals surface area contributed by atoms with Crippen molar-refractivity contribution in [2.75, 3.05) is 33.5 Å². The van der Waals surface area contributed by atoms with E-state index < -0.39 is 15.9 Å². The van der Waals surface area contributed by atoms with Gasteiger partial charge in [-0.05, 0) is 34.5 Å². The highest BCUT2D eigenvalue weighted by Crippen LogP contribution is 2.33. The SMILES string of the molecule is COc1c(C#N)cc2ccccc2c1C(=O)N(C)C[C@@H](CNS(C)(=O)=O)c1ccc(Cl)c(Cl)c1. The highest BCUT2D eigenvalue weighted by Gasteiger charge is 2.26. The number of benzene rings is 3. The third-order valence-electron chi connectivity index (χ3n) is 5.39. The van der Waals surface area contributed by atoms with Gasteiger partial charge in [0, 0.05) is 26.1 Å². The molecule has 0 aliphatic rings. The molecule has 1 N–H and O–H groups in total. The van der Waals surface area contributed by atoms with Gasteiger partial charge in [-0.1, -0.05) is 53.5 Å². The van der Waals surface area contributed by atoms with Gasteiger partial charge in [0.1, 0.15) is 11.8 Å². The Morgan fingerprint density at radius 2 is 1.88 bits per heavy atom. The Bertz CT molecular complexity index is 1390. The third kappa shape index (κ3) is 5.80. The molecule has 7 nitrogen and oxygen atoms in total. The Kier molecular flexibility index (Phi) is 8.05. The van der Waals surface area contributed by atoms with Crippen LogP contribution in [0.15, 0.2) is 48.5 Å². The Hall–Kier alpha value is -2.83. The quantitative estimate of drug-likeness (QED) is 0.474. The smallest absolute Gasteiger partial charge is 0.258 e. The maximum atomic E-state index is 13.6. The Balaban J connectivity index is 2.02. The number of halogens is 2. The summed E-state index contributed by atoms with van der Waals surface area (Å²) >= 11 is 12.2. The standard InChI is InChI=1S/C24H23Cl2N3O4S/c1-29(14-18(13-28-34(3,31)32)15-8-9-20(25)21(26)11-15)24(30)22-19-7-5-4-6-16(19)10-17(12-27)23(22)33-2/h4-11,18,28H,13-14H2,1-3H3/t18-/m1/s1. The molecular formula is C24H23Cl2N3O4S. The van der Waals surface area contributed by atoms with Crippen LogP contribution in [0.3, 0.4) is 0 Å². The van der Waals surface area contributed by atoms with Crippen LogP contribution in [0.25, 0.3) is 10.8 Å². The molecule has 0 unspecified atom stereocenters. The predicted octanol–water partition coefficient (Wildman–Crippen LogP) is 4.43. The molecule has 3 aromatic carbocycles. The van der Waals surface area contributed by atoms with E-state index in [1.807, 2.05) is 12.1 Å². The lowest BCUT2D eigenvalue weighted by atomic mass is 9.96. The van der Waals surface area contributed by atoms with Gasteiger partial charge in [-0.25, -0.2) is 13.1 Å². The van der Waals surface area contributed by atoms with Crippen molar-refractivity contribution in [3.63, 3.8) is 0 Å². The van der Waals surface area contributed by atoms with Gasteiger partial charge in [-0.3, -0.25) is 4.79 Å². The summed E-state index contributed by atoms with van der Waals surface area (Å²) in [6.45, 7) is 0.206. The van der Waals surface area contributed by atoms with Crippen LogP contribution in [0, 0.1) is 11.3 Å². The number of ether oxygens (including phenoxy) is 1. The van der Waals surface area contributed by atoms with E-state index in [1.54, 1.807) is 43.4 Å². The molecule has 1 amide bonds. The van der Waals surface area contributed by atoms with E-state index in [-0.39, 0.29) is 35.9 Å². The zero-order chi connectivity index (χ0) is 25.0. The summed E-state index contributed by atoms with van der Waals surface area (Å²) in [5.41, 5.74) is 1.23. The van der Waals surface area contributed by atoms with E-state index in [1.165, 1.54) is 12.0 Å². The molecule has 178 valence electrons. The second kappa shape index (κ2) is 10.6. The highest BCUT2D eigenvalue weighted by atomic mass is 35.5. The van der Waals surface area contributed by atoms with Crippen molar-refractivity contribution < 1.29 is 17.9 Å². The van der Waals surface area contributed by atoms with Crippen LogP contribution < -0.4 is 9.46 Å². The molecule has 3 aromatic rings. The number of likely N-dealkylation sites (N-methyl/N-ethyl adjacent to an activating group) is 1. The Morgan fingerprint density at radius 1 is 1.18 bits per heavy atom. The van der Waals surface area contributed by atoms with E-state index in [4.69, 9.17) is 27.9 Å². The number of hydrogen-bond donors (Lipinski definition) is 1. The molecule has 0 radical (unpaired) electrons. The fourth-order valence-corrected chi connectivity index (χ4v) is 4.56. The van der Waals surface area contributed by atoms with Gasteiger partial charge < -0.3 is 9.64 Å². The number of fused-ring (bicyclic) bond motifs is 1. The molecule has 0 heterocycles. The van der Waals surface area contributed by atoms with Gasteiger partial charge in [0.2, 0.25) is 10.0 Å². The number of nitrogens with one attached hydrogen (secondary N) is 1. The lowest BCUT2D eigenvalue weighted by Gasteiger charge is -2.26. The number of rotatable bonds is 8. The molecule has 34 heavy (non-hydrogen) atoms. The van der Waals surface area contributed by atoms with E-state index in [9.17, 15) is 18.5 Å². The lowest BCUT2D eigenvalue weighted by molar-refractivity contribution is 0.0785. The van der Waals surface area contributed by atoms with E-state index >= 15 is 0 Å². The molecule has 0 fully saturated rings. The van der Waals surface area contributed by atoms with Crippen molar-refractivity contribution in [2.24, 2.45) is 0 Å². The number of sulfonamides is 1. The number of nitriles is 1. The molecule has 10 heteroatoms. The van der Waals surface area contributed by atoms with Gasteiger partial charge in [0.25, 0.3) is 5.91 Å². The Morgan fingerprint density at radius 3 is 2.50 bits per heavy atom. The number of nitrogens with zero attached hydrogens (tertiary/aromatic N) is 2. The topological polar surface area (TPSA) is 99.5 Å². The summed E-state index contributed by atoms with van der Waals surface area (Å²) in [5.74, 6) is -0.595. The van der Waals surface area contributed by atoms with Crippen molar-refractivity contribution in [1.82, 2.24) is 9.62 Å². The number of carbonyl (C=O) groups is 1.